The zero-order chi connectivity index (χ0) is 33.2. The molecule has 1 aliphatic carbocycles. The number of aldehydes is 1. The maximum atomic E-state index is 11.5. The van der Waals surface area contributed by atoms with Gasteiger partial charge < -0.3 is 20.2 Å². The molecule has 1 aromatic heterocycles. The van der Waals surface area contributed by atoms with E-state index in [1.165, 1.54) is 38.1 Å². The molecule has 0 radical (unpaired) electrons. The molecule has 1 heterocycles. The number of nitrogens with one attached hydrogen (secondary N) is 1. The fraction of sp³-hybridized carbons (Fsp3) is 0.486. The van der Waals surface area contributed by atoms with Gasteiger partial charge in [0.15, 0.2) is 5.82 Å². The number of hydrogen-bond acceptors (Lipinski definition) is 7. The molecule has 1 amide bonds. The summed E-state index contributed by atoms with van der Waals surface area (Å²) in [7, 11) is 1.99. The smallest absolute Gasteiger partial charge is 0.412 e. The van der Waals surface area contributed by atoms with Crippen LogP contribution in [0.3, 0.4) is 0 Å². The highest BCUT2D eigenvalue weighted by atomic mass is 16.6. The molecule has 1 saturated carbocycles. The lowest BCUT2D eigenvalue weighted by Crippen LogP contribution is -2.27. The van der Waals surface area contributed by atoms with E-state index in [0.29, 0.717) is 5.82 Å². The minimum atomic E-state index is -0.469. The molecule has 2 aromatic carbocycles. The number of nitrogens with zero attached hydrogens (tertiary/aromatic N) is 3. The quantitative estimate of drug-likeness (QED) is 0.290. The number of carbonyl (C=O) groups is 2. The van der Waals surface area contributed by atoms with E-state index in [4.69, 9.17) is 15.3 Å². The van der Waals surface area contributed by atoms with Crippen molar-refractivity contribution in [3.8, 4) is 0 Å². The van der Waals surface area contributed by atoms with Crippen molar-refractivity contribution in [1.82, 2.24) is 9.97 Å². The second-order valence-corrected chi connectivity index (χ2v) is 11.1. The summed E-state index contributed by atoms with van der Waals surface area (Å²) in [6.07, 6.45) is 5.73. The van der Waals surface area contributed by atoms with E-state index in [-0.39, 0.29) is 0 Å². The Bertz CT molecular complexity index is 1190. The van der Waals surface area contributed by atoms with Crippen molar-refractivity contribution < 1.29 is 14.3 Å². The van der Waals surface area contributed by atoms with Gasteiger partial charge >= 0.3 is 6.09 Å². The number of hydrogen-bond donors (Lipinski definition) is 2. The van der Waals surface area contributed by atoms with E-state index in [9.17, 15) is 4.79 Å². The Morgan fingerprint density at radius 1 is 1.02 bits per heavy atom. The van der Waals surface area contributed by atoms with Crippen LogP contribution in [0, 0.1) is 20.8 Å². The van der Waals surface area contributed by atoms with Gasteiger partial charge in [0, 0.05) is 18.4 Å². The number of rotatable bonds is 4. The summed E-state index contributed by atoms with van der Waals surface area (Å²) in [4.78, 5) is 30.6. The molecule has 1 fully saturated rings. The van der Waals surface area contributed by atoms with Gasteiger partial charge in [-0.3, -0.25) is 5.32 Å². The van der Waals surface area contributed by atoms with Crippen LogP contribution in [-0.2, 0) is 9.53 Å². The lowest BCUT2D eigenvalue weighted by Gasteiger charge is -2.22. The number of carbonyl (C=O) groups excluding carboxylic acids is 2. The van der Waals surface area contributed by atoms with E-state index in [2.05, 4.69) is 59.5 Å². The summed E-state index contributed by atoms with van der Waals surface area (Å²) in [6.45, 7) is 21.2. The van der Waals surface area contributed by atoms with Crippen LogP contribution in [0.4, 0.5) is 27.7 Å². The van der Waals surface area contributed by atoms with Crippen LogP contribution in [0.2, 0.25) is 0 Å². The molecule has 8 nitrogen and oxygen atoms in total. The van der Waals surface area contributed by atoms with Gasteiger partial charge in [-0.1, -0.05) is 52.3 Å². The molecule has 3 aromatic rings. The monoisotopic (exact) mass is 593 g/mol. The maximum absolute atomic E-state index is 11.5. The summed E-state index contributed by atoms with van der Waals surface area (Å²) in [5.74, 6) is 1.30. The molecule has 43 heavy (non-hydrogen) atoms. The van der Waals surface area contributed by atoms with Gasteiger partial charge in [-0.15, -0.1) is 0 Å². The molecule has 4 rings (SSSR count). The third-order valence-corrected chi connectivity index (χ3v) is 5.57. The molecular formula is C35H55N5O3. The lowest BCUT2D eigenvalue weighted by molar-refractivity contribution is -0.106. The molecule has 8 heteroatoms. The minimum absolute atomic E-state index is 0.419. The number of aryl methyl sites for hydroxylation is 3. The van der Waals surface area contributed by atoms with Crippen LogP contribution in [-0.4, -0.2) is 35.0 Å². The van der Waals surface area contributed by atoms with E-state index < -0.39 is 11.7 Å². The number of amides is 1. The zero-order valence-corrected chi connectivity index (χ0v) is 28.5. The van der Waals surface area contributed by atoms with Crippen molar-refractivity contribution in [2.75, 3.05) is 23.0 Å². The van der Waals surface area contributed by atoms with E-state index >= 15 is 0 Å². The van der Waals surface area contributed by atoms with Gasteiger partial charge in [0.25, 0.3) is 0 Å². The van der Waals surface area contributed by atoms with Gasteiger partial charge in [0.05, 0.1) is 5.69 Å². The number of benzene rings is 2. The minimum Gasteiger partial charge on any atom is -0.444 e. The molecule has 0 aliphatic heterocycles. The van der Waals surface area contributed by atoms with Crippen molar-refractivity contribution in [1.29, 1.82) is 0 Å². The normalized spacial score (nSPS) is 11.3. The van der Waals surface area contributed by atoms with Crippen LogP contribution in [0.5, 0.6) is 0 Å². The van der Waals surface area contributed by atoms with Crippen LogP contribution in [0.25, 0.3) is 0 Å². The lowest BCUT2D eigenvalue weighted by atomic mass is 10.1. The number of ether oxygens (including phenoxy) is 1. The molecular weight excluding hydrogens is 538 g/mol. The van der Waals surface area contributed by atoms with Crippen LogP contribution >= 0.6 is 0 Å². The molecule has 0 bridgehead atoms. The standard InChI is InChI=1S/C15H18N4.C13H19NO2.C3H8.C2H4O.C2H6/c1-10-14(15(16)18-9-17-10)19(2)13-7-5-12(6-8-13)11-3-4-11;1-9-6-10(2)8-11(7-9)14-12(15)16-13(3,4)5;1-3-2;1-2-3;1-2/h5-9,11H,3-4H2,1-2H3,(H2,16,17,18);6-8H,1-5H3,(H,14,15);3H2,1-2H3;2H,1H3;1-2H3. The SMILES string of the molecule is CC.CC=O.CCC.Cc1cc(C)cc(NC(=O)OC(C)(C)C)c1.Cc1ncnc(N)c1N(C)c1ccc(C2CC2)cc1. The number of nitrogen functional groups attached to an aromatic ring is 1. The van der Waals surface area contributed by atoms with Crippen molar-refractivity contribution >= 4 is 35.3 Å². The Balaban J connectivity index is 0.000000669. The highest BCUT2D eigenvalue weighted by molar-refractivity contribution is 5.85. The fourth-order valence-corrected chi connectivity index (χ4v) is 3.88. The van der Waals surface area contributed by atoms with Crippen molar-refractivity contribution in [2.24, 2.45) is 0 Å². The molecule has 0 saturated heterocycles. The molecule has 3 N–H and O–H groups in total. The van der Waals surface area contributed by atoms with Gasteiger partial charge in [0.2, 0.25) is 0 Å². The zero-order valence-electron chi connectivity index (χ0n) is 28.5. The van der Waals surface area contributed by atoms with Crippen molar-refractivity contribution in [3.63, 3.8) is 0 Å². The average molecular weight is 594 g/mol. The van der Waals surface area contributed by atoms with Gasteiger partial charge in [-0.25, -0.2) is 14.8 Å². The van der Waals surface area contributed by atoms with Gasteiger partial charge in [0.1, 0.15) is 23.9 Å². The average Bonchev–Trinajstić information content (AvgIpc) is 3.75. The van der Waals surface area contributed by atoms with E-state index in [0.717, 1.165) is 46.1 Å². The molecule has 238 valence electrons. The van der Waals surface area contributed by atoms with E-state index in [1.54, 1.807) is 0 Å². The Morgan fingerprint density at radius 3 is 1.93 bits per heavy atom. The second-order valence-electron chi connectivity index (χ2n) is 11.1. The Hall–Kier alpha value is -3.94. The molecule has 1 aliphatic rings. The first-order valence-corrected chi connectivity index (χ1v) is 15.1. The highest BCUT2D eigenvalue weighted by Gasteiger charge is 2.23. The predicted octanol–water partition coefficient (Wildman–Crippen LogP) is 9.31. The Morgan fingerprint density at radius 2 is 1.51 bits per heavy atom. The van der Waals surface area contributed by atoms with Crippen LogP contribution in [0.15, 0.2) is 48.8 Å². The summed E-state index contributed by atoms with van der Waals surface area (Å²) in [6, 6.07) is 14.6. The first-order valence-electron chi connectivity index (χ1n) is 15.1. The Kier molecular flexibility index (Phi) is 18.2. The first-order chi connectivity index (χ1) is 20.3. The summed E-state index contributed by atoms with van der Waals surface area (Å²) in [5, 5.41) is 2.72. The Labute approximate surface area is 260 Å². The first kappa shape index (κ1) is 39.1. The molecule has 0 unspecified atom stereocenters. The number of nitrogens with two attached hydrogens (primary N) is 1. The van der Waals surface area contributed by atoms with Crippen LogP contribution in [0.1, 0.15) is 103 Å². The summed E-state index contributed by atoms with van der Waals surface area (Å²) in [5.41, 5.74) is 12.8. The van der Waals surface area contributed by atoms with Crippen molar-refractivity contribution in [2.45, 2.75) is 107 Å². The largest absolute Gasteiger partial charge is 0.444 e. The predicted molar refractivity (Wildman–Crippen MR) is 182 cm³/mol. The number of anilines is 4. The van der Waals surface area contributed by atoms with Crippen molar-refractivity contribution in [3.05, 3.63) is 71.2 Å². The van der Waals surface area contributed by atoms with Crippen LogP contribution < -0.4 is 16.0 Å². The van der Waals surface area contributed by atoms with E-state index in [1.807, 2.05) is 79.5 Å². The number of aromatic nitrogens is 2. The molecule has 0 spiro atoms. The summed E-state index contributed by atoms with van der Waals surface area (Å²) < 4.78 is 5.17. The van der Waals surface area contributed by atoms with Gasteiger partial charge in [-0.2, -0.15) is 0 Å². The third-order valence-electron chi connectivity index (χ3n) is 5.57. The third kappa shape index (κ3) is 15.7. The summed E-state index contributed by atoms with van der Waals surface area (Å²) >= 11 is 0. The topological polar surface area (TPSA) is 110 Å². The fourth-order valence-electron chi connectivity index (χ4n) is 3.88. The second kappa shape index (κ2) is 20.1. The molecule has 0 atom stereocenters. The van der Waals surface area contributed by atoms with Gasteiger partial charge in [-0.05, 0) is 108 Å². The highest BCUT2D eigenvalue weighted by Crippen LogP contribution is 2.41. The maximum Gasteiger partial charge on any atom is 0.412 e.